The highest BCUT2D eigenvalue weighted by Gasteiger charge is 2.10. The van der Waals surface area contributed by atoms with Crippen molar-refractivity contribution < 1.29 is 19.0 Å². The number of hydrogen-bond acceptors (Lipinski definition) is 5. The third kappa shape index (κ3) is 5.23. The van der Waals surface area contributed by atoms with E-state index in [1.807, 2.05) is 38.1 Å². The van der Waals surface area contributed by atoms with Crippen molar-refractivity contribution in [2.75, 3.05) is 20.8 Å². The van der Waals surface area contributed by atoms with E-state index in [0.29, 0.717) is 17.2 Å². The maximum atomic E-state index is 11.9. The lowest BCUT2D eigenvalue weighted by molar-refractivity contribution is -0.123. The molecule has 0 spiro atoms. The number of benzene rings is 2. The van der Waals surface area contributed by atoms with Crippen LogP contribution < -0.4 is 19.6 Å². The highest BCUT2D eigenvalue weighted by Crippen LogP contribution is 2.35. The van der Waals surface area contributed by atoms with Crippen LogP contribution in [0.1, 0.15) is 16.7 Å². The molecule has 0 aromatic heterocycles. The monoisotopic (exact) mass is 420 g/mol. The van der Waals surface area contributed by atoms with E-state index in [-0.39, 0.29) is 12.5 Å². The molecule has 1 N–H and O–H groups in total. The van der Waals surface area contributed by atoms with Crippen molar-refractivity contribution in [2.45, 2.75) is 13.8 Å². The second kappa shape index (κ2) is 9.24. The van der Waals surface area contributed by atoms with Gasteiger partial charge in [0.25, 0.3) is 5.91 Å². The van der Waals surface area contributed by atoms with Gasteiger partial charge in [-0.1, -0.05) is 12.1 Å². The molecule has 0 saturated carbocycles. The van der Waals surface area contributed by atoms with Crippen molar-refractivity contribution in [3.05, 3.63) is 51.5 Å². The number of aryl methyl sites for hydroxylation is 2. The Balaban J connectivity index is 1.94. The molecule has 0 aliphatic heterocycles. The molecule has 0 radical (unpaired) electrons. The molecule has 1 amide bonds. The van der Waals surface area contributed by atoms with Crippen molar-refractivity contribution >= 4 is 28.1 Å². The van der Waals surface area contributed by atoms with Gasteiger partial charge in [0.2, 0.25) is 0 Å². The summed E-state index contributed by atoms with van der Waals surface area (Å²) in [5.74, 6) is 1.50. The Hall–Kier alpha value is -2.54. The van der Waals surface area contributed by atoms with Gasteiger partial charge in [0.05, 0.1) is 24.9 Å². The van der Waals surface area contributed by atoms with Gasteiger partial charge in [-0.2, -0.15) is 5.10 Å². The van der Waals surface area contributed by atoms with Crippen LogP contribution in [-0.2, 0) is 4.79 Å². The molecular formula is C19H21BrN2O4. The van der Waals surface area contributed by atoms with Gasteiger partial charge in [-0.3, -0.25) is 4.79 Å². The van der Waals surface area contributed by atoms with E-state index >= 15 is 0 Å². The standard InChI is InChI=1S/C19H21BrN2O4/c1-12-5-6-13(2)16(7-12)26-11-18(23)22-21-10-14-8-15(20)19(25-4)17(9-14)24-3/h5-10H,11H2,1-4H3,(H,22,23)/b21-10+. The van der Waals surface area contributed by atoms with Crippen LogP contribution in [0.15, 0.2) is 39.9 Å². The van der Waals surface area contributed by atoms with Gasteiger partial charge in [0, 0.05) is 0 Å². The quantitative estimate of drug-likeness (QED) is 0.548. The van der Waals surface area contributed by atoms with Crippen molar-refractivity contribution in [1.29, 1.82) is 0 Å². The van der Waals surface area contributed by atoms with Crippen LogP contribution in [0.25, 0.3) is 0 Å². The fourth-order valence-electron chi connectivity index (χ4n) is 2.23. The van der Waals surface area contributed by atoms with Gasteiger partial charge in [0.1, 0.15) is 5.75 Å². The van der Waals surface area contributed by atoms with E-state index in [2.05, 4.69) is 26.5 Å². The van der Waals surface area contributed by atoms with Crippen molar-refractivity contribution in [1.82, 2.24) is 5.43 Å². The molecule has 6 nitrogen and oxygen atoms in total. The second-order valence-corrected chi connectivity index (χ2v) is 6.44. The van der Waals surface area contributed by atoms with Gasteiger partial charge >= 0.3 is 0 Å². The average molecular weight is 421 g/mol. The SMILES string of the molecule is COc1cc(/C=N/NC(=O)COc2cc(C)ccc2C)cc(Br)c1OC. The van der Waals surface area contributed by atoms with Gasteiger partial charge < -0.3 is 14.2 Å². The maximum Gasteiger partial charge on any atom is 0.277 e. The summed E-state index contributed by atoms with van der Waals surface area (Å²) in [5, 5.41) is 3.94. The van der Waals surface area contributed by atoms with E-state index < -0.39 is 0 Å². The second-order valence-electron chi connectivity index (χ2n) is 5.59. The van der Waals surface area contributed by atoms with Gasteiger partial charge in [-0.05, 0) is 64.7 Å². The number of rotatable bonds is 7. The van der Waals surface area contributed by atoms with Crippen LogP contribution >= 0.6 is 15.9 Å². The highest BCUT2D eigenvalue weighted by atomic mass is 79.9. The topological polar surface area (TPSA) is 69.2 Å². The number of hydrogen-bond donors (Lipinski definition) is 1. The Labute approximate surface area is 161 Å². The molecule has 0 fully saturated rings. The molecule has 0 unspecified atom stereocenters. The largest absolute Gasteiger partial charge is 0.493 e. The summed E-state index contributed by atoms with van der Waals surface area (Å²) < 4.78 is 16.8. The Bertz CT molecular complexity index is 821. The minimum absolute atomic E-state index is 0.114. The Morgan fingerprint density at radius 1 is 1.15 bits per heavy atom. The number of nitrogens with one attached hydrogen (secondary N) is 1. The predicted octanol–water partition coefficient (Wildman–Crippen LogP) is 3.61. The minimum Gasteiger partial charge on any atom is -0.493 e. The zero-order valence-electron chi connectivity index (χ0n) is 15.1. The third-order valence-electron chi connectivity index (χ3n) is 3.56. The van der Waals surface area contributed by atoms with E-state index in [0.717, 1.165) is 21.2 Å². The number of carbonyl (C=O) groups excluding carboxylic acids is 1. The average Bonchev–Trinajstić information content (AvgIpc) is 2.62. The number of ether oxygens (including phenoxy) is 3. The summed E-state index contributed by atoms with van der Waals surface area (Å²) in [6.45, 7) is 3.79. The molecule has 2 aromatic rings. The molecule has 138 valence electrons. The van der Waals surface area contributed by atoms with Gasteiger partial charge in [-0.25, -0.2) is 5.43 Å². The summed E-state index contributed by atoms with van der Waals surface area (Å²) in [5.41, 5.74) is 5.23. The third-order valence-corrected chi connectivity index (χ3v) is 4.15. The summed E-state index contributed by atoms with van der Waals surface area (Å²) in [6, 6.07) is 9.41. The fourth-order valence-corrected chi connectivity index (χ4v) is 2.85. The lowest BCUT2D eigenvalue weighted by Crippen LogP contribution is -2.24. The van der Waals surface area contributed by atoms with Crippen LogP contribution in [0.2, 0.25) is 0 Å². The number of amides is 1. The number of methoxy groups -OCH3 is 2. The molecule has 0 heterocycles. The fraction of sp³-hybridized carbons (Fsp3) is 0.263. The first-order valence-electron chi connectivity index (χ1n) is 7.88. The normalized spacial score (nSPS) is 10.7. The first-order chi connectivity index (χ1) is 12.4. The summed E-state index contributed by atoms with van der Waals surface area (Å²) in [4.78, 5) is 11.9. The van der Waals surface area contributed by atoms with E-state index in [1.54, 1.807) is 20.3 Å². The van der Waals surface area contributed by atoms with Gasteiger partial charge in [0.15, 0.2) is 18.1 Å². The number of carbonyl (C=O) groups is 1. The van der Waals surface area contributed by atoms with Crippen molar-refractivity contribution in [3.8, 4) is 17.2 Å². The maximum absolute atomic E-state index is 11.9. The number of halogens is 1. The Kier molecular flexibility index (Phi) is 7.03. The predicted molar refractivity (Wildman–Crippen MR) is 104 cm³/mol. The molecule has 0 atom stereocenters. The zero-order chi connectivity index (χ0) is 19.1. The Morgan fingerprint density at radius 3 is 2.62 bits per heavy atom. The molecule has 2 rings (SSSR count). The van der Waals surface area contributed by atoms with Gasteiger partial charge in [-0.15, -0.1) is 0 Å². The van der Waals surface area contributed by atoms with E-state index in [1.165, 1.54) is 6.21 Å². The van der Waals surface area contributed by atoms with Crippen molar-refractivity contribution in [2.24, 2.45) is 5.10 Å². The minimum atomic E-state index is -0.346. The Morgan fingerprint density at radius 2 is 1.92 bits per heavy atom. The molecule has 2 aromatic carbocycles. The van der Waals surface area contributed by atoms with E-state index in [9.17, 15) is 4.79 Å². The van der Waals surface area contributed by atoms with Crippen LogP contribution in [0.3, 0.4) is 0 Å². The molecular weight excluding hydrogens is 400 g/mol. The van der Waals surface area contributed by atoms with Crippen LogP contribution in [-0.4, -0.2) is 32.9 Å². The van der Waals surface area contributed by atoms with Crippen LogP contribution in [0.5, 0.6) is 17.2 Å². The first-order valence-corrected chi connectivity index (χ1v) is 8.67. The summed E-state index contributed by atoms with van der Waals surface area (Å²) in [7, 11) is 3.12. The molecule has 0 aliphatic rings. The first kappa shape index (κ1) is 19.8. The molecule has 0 bridgehead atoms. The lowest BCUT2D eigenvalue weighted by Gasteiger charge is -2.10. The smallest absolute Gasteiger partial charge is 0.277 e. The molecule has 26 heavy (non-hydrogen) atoms. The van der Waals surface area contributed by atoms with Crippen LogP contribution in [0.4, 0.5) is 0 Å². The molecule has 0 aliphatic carbocycles. The molecule has 7 heteroatoms. The summed E-state index contributed by atoms with van der Waals surface area (Å²) >= 11 is 3.41. The van der Waals surface area contributed by atoms with Crippen LogP contribution in [0, 0.1) is 13.8 Å². The number of hydrazone groups is 1. The molecule has 0 saturated heterocycles. The highest BCUT2D eigenvalue weighted by molar-refractivity contribution is 9.10. The lowest BCUT2D eigenvalue weighted by atomic mass is 10.1. The van der Waals surface area contributed by atoms with Crippen molar-refractivity contribution in [3.63, 3.8) is 0 Å². The zero-order valence-corrected chi connectivity index (χ0v) is 16.7. The van der Waals surface area contributed by atoms with E-state index in [4.69, 9.17) is 14.2 Å². The number of nitrogens with zero attached hydrogens (tertiary/aromatic N) is 1. The summed E-state index contributed by atoms with van der Waals surface area (Å²) in [6.07, 6.45) is 1.52.